The standard InChI is InChI=1S/C22H25N5O/c28-22(20(16-8-3-1-4-9-16)17-10-5-2-6-11-17)24-15-19-25-21(27-26-19)18-12-7-13-23-14-18/h1,3-4,7-9,12-14,17,20H,2,5-6,10-11,15H2,(H,24,28)(H,25,26,27)/t20-/m1/s1. The summed E-state index contributed by atoms with van der Waals surface area (Å²) in [6, 6.07) is 13.9. The molecule has 0 spiro atoms. The van der Waals surface area contributed by atoms with Crippen LogP contribution in [0, 0.1) is 5.92 Å². The molecular formula is C22H25N5O. The Balaban J connectivity index is 1.45. The number of aromatic amines is 1. The predicted molar refractivity (Wildman–Crippen MR) is 107 cm³/mol. The second-order valence-electron chi connectivity index (χ2n) is 7.35. The molecule has 144 valence electrons. The molecule has 1 aromatic carbocycles. The Morgan fingerprint density at radius 2 is 1.93 bits per heavy atom. The second-order valence-corrected chi connectivity index (χ2v) is 7.35. The molecule has 1 fully saturated rings. The number of H-pyrrole nitrogens is 1. The van der Waals surface area contributed by atoms with Crippen LogP contribution in [0.5, 0.6) is 0 Å². The quantitative estimate of drug-likeness (QED) is 0.685. The van der Waals surface area contributed by atoms with Crippen LogP contribution < -0.4 is 5.32 Å². The molecule has 0 unspecified atom stereocenters. The highest BCUT2D eigenvalue weighted by Crippen LogP contribution is 2.36. The molecule has 1 atom stereocenters. The zero-order valence-electron chi connectivity index (χ0n) is 15.8. The van der Waals surface area contributed by atoms with Crippen LogP contribution in [-0.2, 0) is 11.3 Å². The van der Waals surface area contributed by atoms with Crippen molar-refractivity contribution in [2.24, 2.45) is 5.92 Å². The Morgan fingerprint density at radius 1 is 1.11 bits per heavy atom. The van der Waals surface area contributed by atoms with Crippen molar-refractivity contribution in [1.29, 1.82) is 0 Å². The molecule has 3 aromatic rings. The molecule has 2 aromatic heterocycles. The molecule has 1 saturated carbocycles. The summed E-state index contributed by atoms with van der Waals surface area (Å²) in [6.07, 6.45) is 9.34. The molecule has 1 amide bonds. The topological polar surface area (TPSA) is 83.6 Å². The predicted octanol–water partition coefficient (Wildman–Crippen LogP) is 3.85. The van der Waals surface area contributed by atoms with Gasteiger partial charge in [0.05, 0.1) is 12.5 Å². The lowest BCUT2D eigenvalue weighted by molar-refractivity contribution is -0.124. The van der Waals surface area contributed by atoms with Gasteiger partial charge in [-0.3, -0.25) is 14.9 Å². The molecule has 0 bridgehead atoms. The van der Waals surface area contributed by atoms with Crippen LogP contribution in [0.25, 0.3) is 11.4 Å². The average Bonchev–Trinajstić information content (AvgIpc) is 3.24. The number of carbonyl (C=O) groups is 1. The van der Waals surface area contributed by atoms with Crippen molar-refractivity contribution in [3.05, 3.63) is 66.2 Å². The number of nitrogens with zero attached hydrogens (tertiary/aromatic N) is 3. The summed E-state index contributed by atoms with van der Waals surface area (Å²) in [7, 11) is 0. The third-order valence-corrected chi connectivity index (χ3v) is 5.44. The summed E-state index contributed by atoms with van der Waals surface area (Å²) in [5.41, 5.74) is 1.95. The van der Waals surface area contributed by atoms with Gasteiger partial charge in [0, 0.05) is 18.0 Å². The molecule has 1 aliphatic carbocycles. The van der Waals surface area contributed by atoms with Crippen molar-refractivity contribution in [3.8, 4) is 11.4 Å². The minimum absolute atomic E-state index is 0.0671. The minimum atomic E-state index is -0.109. The molecule has 2 N–H and O–H groups in total. The lowest BCUT2D eigenvalue weighted by atomic mass is 9.76. The van der Waals surface area contributed by atoms with E-state index in [0.717, 1.165) is 24.0 Å². The molecule has 0 aliphatic heterocycles. The lowest BCUT2D eigenvalue weighted by Gasteiger charge is -2.29. The number of rotatable bonds is 6. The molecule has 4 rings (SSSR count). The van der Waals surface area contributed by atoms with Crippen LogP contribution in [0.2, 0.25) is 0 Å². The Labute approximate surface area is 164 Å². The van der Waals surface area contributed by atoms with E-state index in [1.165, 1.54) is 19.3 Å². The Kier molecular flexibility index (Phi) is 5.75. The third kappa shape index (κ3) is 4.27. The first-order valence-corrected chi connectivity index (χ1v) is 9.95. The number of pyridine rings is 1. The number of benzene rings is 1. The summed E-state index contributed by atoms with van der Waals surface area (Å²) < 4.78 is 0. The molecule has 2 heterocycles. The van der Waals surface area contributed by atoms with Gasteiger partial charge in [0.1, 0.15) is 5.82 Å². The fraction of sp³-hybridized carbons (Fsp3) is 0.364. The van der Waals surface area contributed by atoms with Gasteiger partial charge >= 0.3 is 0 Å². The van der Waals surface area contributed by atoms with Gasteiger partial charge in [-0.1, -0.05) is 49.6 Å². The fourth-order valence-corrected chi connectivity index (χ4v) is 4.04. The van der Waals surface area contributed by atoms with Crippen molar-refractivity contribution < 1.29 is 4.79 Å². The fourth-order valence-electron chi connectivity index (χ4n) is 4.04. The van der Waals surface area contributed by atoms with Crippen molar-refractivity contribution in [2.75, 3.05) is 0 Å². The molecule has 28 heavy (non-hydrogen) atoms. The number of nitrogens with one attached hydrogen (secondary N) is 2. The van der Waals surface area contributed by atoms with Crippen molar-refractivity contribution in [3.63, 3.8) is 0 Å². The molecule has 0 saturated heterocycles. The van der Waals surface area contributed by atoms with Gasteiger partial charge in [0.15, 0.2) is 5.82 Å². The van der Waals surface area contributed by atoms with Crippen LogP contribution in [0.3, 0.4) is 0 Å². The van der Waals surface area contributed by atoms with E-state index in [1.807, 2.05) is 30.3 Å². The normalized spacial score (nSPS) is 15.9. The number of aromatic nitrogens is 4. The van der Waals surface area contributed by atoms with Crippen LogP contribution in [-0.4, -0.2) is 26.1 Å². The highest BCUT2D eigenvalue weighted by molar-refractivity contribution is 5.84. The van der Waals surface area contributed by atoms with Crippen molar-refractivity contribution in [2.45, 2.75) is 44.6 Å². The molecule has 6 heteroatoms. The highest BCUT2D eigenvalue weighted by Gasteiger charge is 2.30. The van der Waals surface area contributed by atoms with E-state index in [0.29, 0.717) is 24.1 Å². The largest absolute Gasteiger partial charge is 0.348 e. The van der Waals surface area contributed by atoms with E-state index < -0.39 is 0 Å². The van der Waals surface area contributed by atoms with E-state index in [4.69, 9.17) is 0 Å². The van der Waals surface area contributed by atoms with Crippen molar-refractivity contribution in [1.82, 2.24) is 25.5 Å². The maximum atomic E-state index is 13.1. The second kappa shape index (κ2) is 8.78. The first-order valence-electron chi connectivity index (χ1n) is 9.95. The summed E-state index contributed by atoms with van der Waals surface area (Å²) >= 11 is 0. The third-order valence-electron chi connectivity index (χ3n) is 5.44. The lowest BCUT2D eigenvalue weighted by Crippen LogP contribution is -2.34. The van der Waals surface area contributed by atoms with Crippen LogP contribution >= 0.6 is 0 Å². The van der Waals surface area contributed by atoms with Gasteiger partial charge in [-0.2, -0.15) is 5.10 Å². The number of carbonyl (C=O) groups excluding carboxylic acids is 1. The van der Waals surface area contributed by atoms with Gasteiger partial charge < -0.3 is 5.32 Å². The monoisotopic (exact) mass is 375 g/mol. The Bertz CT molecular complexity index is 888. The van der Waals surface area contributed by atoms with Gasteiger partial charge in [0.25, 0.3) is 0 Å². The van der Waals surface area contributed by atoms with E-state index in [1.54, 1.807) is 12.4 Å². The Morgan fingerprint density at radius 3 is 2.68 bits per heavy atom. The van der Waals surface area contributed by atoms with Crippen molar-refractivity contribution >= 4 is 5.91 Å². The minimum Gasteiger partial charge on any atom is -0.348 e. The molecule has 6 nitrogen and oxygen atoms in total. The molecule has 0 radical (unpaired) electrons. The summed E-state index contributed by atoms with van der Waals surface area (Å²) in [5, 5.41) is 10.2. The van der Waals surface area contributed by atoms with Gasteiger partial charge in [-0.15, -0.1) is 0 Å². The number of hydrogen-bond acceptors (Lipinski definition) is 4. The van der Waals surface area contributed by atoms with Crippen LogP contribution in [0.1, 0.15) is 49.4 Å². The first kappa shape index (κ1) is 18.3. The highest BCUT2D eigenvalue weighted by atomic mass is 16.1. The summed E-state index contributed by atoms with van der Waals surface area (Å²) in [5.74, 6) is 1.59. The summed E-state index contributed by atoms with van der Waals surface area (Å²) in [4.78, 5) is 21.7. The average molecular weight is 375 g/mol. The maximum Gasteiger partial charge on any atom is 0.228 e. The van der Waals surface area contributed by atoms with Crippen LogP contribution in [0.15, 0.2) is 54.9 Å². The van der Waals surface area contributed by atoms with E-state index in [2.05, 4.69) is 37.6 Å². The summed E-state index contributed by atoms with van der Waals surface area (Å²) in [6.45, 7) is 0.335. The first-order chi connectivity index (χ1) is 13.8. The maximum absolute atomic E-state index is 13.1. The zero-order chi connectivity index (χ0) is 19.2. The van der Waals surface area contributed by atoms with E-state index in [-0.39, 0.29) is 11.8 Å². The van der Waals surface area contributed by atoms with Gasteiger partial charge in [-0.25, -0.2) is 4.98 Å². The van der Waals surface area contributed by atoms with E-state index in [9.17, 15) is 4.79 Å². The zero-order valence-corrected chi connectivity index (χ0v) is 15.8. The molecular weight excluding hydrogens is 350 g/mol. The van der Waals surface area contributed by atoms with Gasteiger partial charge in [-0.05, 0) is 36.5 Å². The molecule has 1 aliphatic rings. The smallest absolute Gasteiger partial charge is 0.228 e. The Hall–Kier alpha value is -3.02. The number of amides is 1. The van der Waals surface area contributed by atoms with Gasteiger partial charge in [0.2, 0.25) is 5.91 Å². The van der Waals surface area contributed by atoms with Crippen LogP contribution in [0.4, 0.5) is 0 Å². The SMILES string of the molecule is O=C(NCc1nc(-c2cccnc2)n[nH]1)[C@H](c1ccccc1)C1CCCCC1. The number of hydrogen-bond donors (Lipinski definition) is 2. The van der Waals surface area contributed by atoms with E-state index >= 15 is 0 Å².